The topological polar surface area (TPSA) is 38.7 Å². The summed E-state index contributed by atoms with van der Waals surface area (Å²) in [5.74, 6) is 2.04. The first-order valence-corrected chi connectivity index (χ1v) is 13.3. The second-order valence-electron chi connectivity index (χ2n) is 10.5. The van der Waals surface area contributed by atoms with Gasteiger partial charge in [0.15, 0.2) is 17.5 Å². The van der Waals surface area contributed by atoms with E-state index in [0.29, 0.717) is 17.5 Å². The van der Waals surface area contributed by atoms with Crippen molar-refractivity contribution in [1.29, 1.82) is 0 Å². The Bertz CT molecular complexity index is 1750. The van der Waals surface area contributed by atoms with Crippen LogP contribution in [0, 0.1) is 0 Å². The highest BCUT2D eigenvalue weighted by Crippen LogP contribution is 2.52. The molecule has 1 aliphatic rings. The molecule has 3 nitrogen and oxygen atoms in total. The third-order valence-electron chi connectivity index (χ3n) is 7.75. The van der Waals surface area contributed by atoms with Crippen LogP contribution < -0.4 is 0 Å². The van der Waals surface area contributed by atoms with E-state index < -0.39 is 0 Å². The molecule has 3 heteroatoms. The molecular weight excluding hydrogens is 474 g/mol. The van der Waals surface area contributed by atoms with Gasteiger partial charge in [0.1, 0.15) is 0 Å². The molecule has 0 fully saturated rings. The average molecular weight is 502 g/mol. The Hall–Kier alpha value is -4.89. The molecule has 0 amide bonds. The van der Waals surface area contributed by atoms with Gasteiger partial charge < -0.3 is 0 Å². The van der Waals surface area contributed by atoms with Crippen LogP contribution >= 0.6 is 0 Å². The molecular formula is C36H27N3. The summed E-state index contributed by atoms with van der Waals surface area (Å²) < 4.78 is 0. The van der Waals surface area contributed by atoms with Crippen LogP contribution in [-0.4, -0.2) is 15.0 Å². The van der Waals surface area contributed by atoms with Crippen LogP contribution in [0.2, 0.25) is 0 Å². The molecule has 1 aromatic heterocycles. The van der Waals surface area contributed by atoms with Crippen molar-refractivity contribution in [2.24, 2.45) is 0 Å². The minimum atomic E-state index is -0.150. The second-order valence-corrected chi connectivity index (χ2v) is 10.5. The molecule has 5 aromatic carbocycles. The van der Waals surface area contributed by atoms with Gasteiger partial charge in [-0.05, 0) is 39.4 Å². The Morgan fingerprint density at radius 1 is 0.410 bits per heavy atom. The van der Waals surface area contributed by atoms with Crippen LogP contribution in [0.1, 0.15) is 25.0 Å². The minimum Gasteiger partial charge on any atom is -0.208 e. The van der Waals surface area contributed by atoms with Gasteiger partial charge in [0.25, 0.3) is 0 Å². The van der Waals surface area contributed by atoms with Crippen molar-refractivity contribution < 1.29 is 0 Å². The summed E-state index contributed by atoms with van der Waals surface area (Å²) in [7, 11) is 0. The lowest BCUT2D eigenvalue weighted by Gasteiger charge is -2.22. The second kappa shape index (κ2) is 9.14. The fourth-order valence-electron chi connectivity index (χ4n) is 5.71. The van der Waals surface area contributed by atoms with E-state index in [1.165, 1.54) is 33.4 Å². The van der Waals surface area contributed by atoms with Gasteiger partial charge in [-0.2, -0.15) is 0 Å². The number of rotatable bonds is 4. The van der Waals surface area contributed by atoms with E-state index in [1.54, 1.807) is 0 Å². The van der Waals surface area contributed by atoms with Crippen LogP contribution in [0.25, 0.3) is 56.4 Å². The zero-order valence-electron chi connectivity index (χ0n) is 22.0. The van der Waals surface area contributed by atoms with Gasteiger partial charge in [-0.25, -0.2) is 15.0 Å². The van der Waals surface area contributed by atoms with Crippen molar-refractivity contribution in [1.82, 2.24) is 15.0 Å². The lowest BCUT2D eigenvalue weighted by Crippen LogP contribution is -2.15. The molecule has 0 radical (unpaired) electrons. The molecule has 0 unspecified atom stereocenters. The maximum atomic E-state index is 5.04. The zero-order valence-corrected chi connectivity index (χ0v) is 22.0. The van der Waals surface area contributed by atoms with Crippen LogP contribution in [0.5, 0.6) is 0 Å². The predicted molar refractivity (Wildman–Crippen MR) is 159 cm³/mol. The van der Waals surface area contributed by atoms with Gasteiger partial charge in [0, 0.05) is 22.1 Å². The molecule has 7 rings (SSSR count). The standard InChI is InChI=1S/C36H27N3/c1-36(2)30-20-12-19-29(32(30)28-22-21-27(23-31(28)36)24-13-6-3-7-14-24)35-38-33(25-15-8-4-9-16-25)37-34(39-35)26-17-10-5-11-18-26/h3-23H,1-2H3. The van der Waals surface area contributed by atoms with Crippen molar-refractivity contribution in [3.05, 3.63) is 139 Å². The maximum absolute atomic E-state index is 5.04. The third-order valence-corrected chi connectivity index (χ3v) is 7.75. The van der Waals surface area contributed by atoms with E-state index in [4.69, 9.17) is 15.0 Å². The molecule has 0 bridgehead atoms. The van der Waals surface area contributed by atoms with E-state index in [1.807, 2.05) is 60.7 Å². The quantitative estimate of drug-likeness (QED) is 0.242. The van der Waals surface area contributed by atoms with Gasteiger partial charge >= 0.3 is 0 Å². The van der Waals surface area contributed by atoms with Gasteiger partial charge in [0.2, 0.25) is 0 Å². The smallest absolute Gasteiger partial charge is 0.164 e. The molecule has 39 heavy (non-hydrogen) atoms. The first-order chi connectivity index (χ1) is 19.1. The predicted octanol–water partition coefficient (Wildman–Crippen LogP) is 8.85. The van der Waals surface area contributed by atoms with E-state index in [2.05, 4.69) is 80.6 Å². The number of hydrogen-bond acceptors (Lipinski definition) is 3. The Labute approximate surface area is 228 Å². The first kappa shape index (κ1) is 23.2. The lowest BCUT2D eigenvalue weighted by atomic mass is 9.81. The number of aromatic nitrogens is 3. The molecule has 1 aliphatic carbocycles. The SMILES string of the molecule is CC1(C)c2cc(-c3ccccc3)ccc2-c2c(-c3nc(-c4ccccc4)nc(-c4ccccc4)n3)cccc21. The summed E-state index contributed by atoms with van der Waals surface area (Å²) in [4.78, 5) is 15.0. The Morgan fingerprint density at radius 2 is 0.949 bits per heavy atom. The summed E-state index contributed by atoms with van der Waals surface area (Å²) in [5, 5.41) is 0. The highest BCUT2D eigenvalue weighted by Gasteiger charge is 2.37. The van der Waals surface area contributed by atoms with Crippen molar-refractivity contribution >= 4 is 0 Å². The lowest BCUT2D eigenvalue weighted by molar-refractivity contribution is 0.660. The van der Waals surface area contributed by atoms with Crippen molar-refractivity contribution in [3.8, 4) is 56.4 Å². The molecule has 186 valence electrons. The van der Waals surface area contributed by atoms with Crippen LogP contribution in [0.3, 0.4) is 0 Å². The zero-order chi connectivity index (χ0) is 26.4. The monoisotopic (exact) mass is 501 g/mol. The van der Waals surface area contributed by atoms with Crippen molar-refractivity contribution in [2.45, 2.75) is 19.3 Å². The van der Waals surface area contributed by atoms with E-state index >= 15 is 0 Å². The minimum absolute atomic E-state index is 0.150. The van der Waals surface area contributed by atoms with Crippen LogP contribution in [0.4, 0.5) is 0 Å². The molecule has 0 saturated heterocycles. The number of benzene rings is 5. The first-order valence-electron chi connectivity index (χ1n) is 13.3. The molecule has 0 saturated carbocycles. The molecule has 0 atom stereocenters. The highest BCUT2D eigenvalue weighted by atomic mass is 15.0. The van der Waals surface area contributed by atoms with Gasteiger partial charge in [0.05, 0.1) is 0 Å². The average Bonchev–Trinajstić information content (AvgIpc) is 3.24. The summed E-state index contributed by atoms with van der Waals surface area (Å²) in [6.45, 7) is 4.63. The molecule has 6 aromatic rings. The summed E-state index contributed by atoms with van der Waals surface area (Å²) in [6.07, 6.45) is 0. The third kappa shape index (κ3) is 3.95. The van der Waals surface area contributed by atoms with E-state index in [-0.39, 0.29) is 5.41 Å². The summed E-state index contributed by atoms with van der Waals surface area (Å²) >= 11 is 0. The van der Waals surface area contributed by atoms with Gasteiger partial charge in [-0.15, -0.1) is 0 Å². The largest absolute Gasteiger partial charge is 0.208 e. The highest BCUT2D eigenvalue weighted by molar-refractivity contribution is 5.92. The fourth-order valence-corrected chi connectivity index (χ4v) is 5.71. The summed E-state index contributed by atoms with van der Waals surface area (Å²) in [5.41, 5.74) is 10.4. The van der Waals surface area contributed by atoms with Gasteiger partial charge in [-0.1, -0.05) is 135 Å². The Kier molecular flexibility index (Phi) is 5.45. The van der Waals surface area contributed by atoms with E-state index in [9.17, 15) is 0 Å². The van der Waals surface area contributed by atoms with Crippen LogP contribution in [0.15, 0.2) is 127 Å². The maximum Gasteiger partial charge on any atom is 0.164 e. The van der Waals surface area contributed by atoms with E-state index in [0.717, 1.165) is 16.7 Å². The van der Waals surface area contributed by atoms with Crippen molar-refractivity contribution in [3.63, 3.8) is 0 Å². The Morgan fingerprint density at radius 3 is 1.54 bits per heavy atom. The van der Waals surface area contributed by atoms with Crippen LogP contribution in [-0.2, 0) is 5.41 Å². The Balaban J connectivity index is 1.45. The normalized spacial score (nSPS) is 13.1. The number of fused-ring (bicyclic) bond motifs is 3. The summed E-state index contributed by atoms with van der Waals surface area (Å²) in [6, 6.07) is 44.3. The fraction of sp³-hybridized carbons (Fsp3) is 0.0833. The molecule has 0 spiro atoms. The van der Waals surface area contributed by atoms with Crippen molar-refractivity contribution in [2.75, 3.05) is 0 Å². The number of hydrogen-bond donors (Lipinski definition) is 0. The number of nitrogens with zero attached hydrogens (tertiary/aromatic N) is 3. The molecule has 1 heterocycles. The molecule has 0 aliphatic heterocycles. The van der Waals surface area contributed by atoms with Gasteiger partial charge in [-0.3, -0.25) is 0 Å². The molecule has 0 N–H and O–H groups in total.